The van der Waals surface area contributed by atoms with E-state index < -0.39 is 19.3 Å². The molecule has 0 unspecified atom stereocenters. The molecule has 0 aliphatic rings. The van der Waals surface area contributed by atoms with Crippen molar-refractivity contribution in [1.29, 1.82) is 0 Å². The largest absolute Gasteiger partial charge is 0.763 e. The Morgan fingerprint density at radius 3 is 2.03 bits per heavy atom. The van der Waals surface area contributed by atoms with Crippen LogP contribution in [-0.4, -0.2) is 47.6 Å². The average Bonchev–Trinajstić information content (AvgIpc) is 2.63. The van der Waals surface area contributed by atoms with E-state index in [2.05, 4.69) is 47.4 Å². The van der Waals surface area contributed by atoms with Gasteiger partial charge in [-0.05, 0) is 60.6 Å². The van der Waals surface area contributed by atoms with E-state index in [1.54, 1.807) is 31.2 Å². The molecule has 0 atom stereocenters. The third-order valence-corrected chi connectivity index (χ3v) is 12.4. The maximum Gasteiger partial charge on any atom is 0.421 e. The molecule has 0 aliphatic carbocycles. The van der Waals surface area contributed by atoms with E-state index in [-0.39, 0.29) is 22.9 Å². The Kier molecular flexibility index (Phi) is 9.55. The summed E-state index contributed by atoms with van der Waals surface area (Å²) in [6.07, 6.45) is -0.448. The Morgan fingerprint density at radius 2 is 1.62 bits per heavy atom. The van der Waals surface area contributed by atoms with Crippen LogP contribution in [0.1, 0.15) is 48.5 Å². The summed E-state index contributed by atoms with van der Waals surface area (Å²) in [5.74, 6) is 1.43. The van der Waals surface area contributed by atoms with Crippen molar-refractivity contribution < 1.29 is 14.3 Å². The summed E-state index contributed by atoms with van der Waals surface area (Å²) < 4.78 is 5.10. The first-order valence-electron chi connectivity index (χ1n) is 9.93. The number of carbonyl (C=O) groups excluding carboxylic acids is 2. The minimum Gasteiger partial charge on any atom is -0.763 e. The van der Waals surface area contributed by atoms with Gasteiger partial charge in [-0.15, -0.1) is 0 Å². The smallest absolute Gasteiger partial charge is 0.421 e. The third-order valence-electron chi connectivity index (χ3n) is 5.46. The lowest BCUT2D eigenvalue weighted by Crippen LogP contribution is -2.40. The molecule has 0 heterocycles. The first-order valence-corrected chi connectivity index (χ1v) is 12.5. The van der Waals surface area contributed by atoms with Crippen LogP contribution in [0.5, 0.6) is 0 Å². The molecule has 0 fully saturated rings. The zero-order valence-corrected chi connectivity index (χ0v) is 20.1. The molecule has 0 bridgehead atoms. The molecule has 0 saturated carbocycles. The van der Waals surface area contributed by atoms with E-state index in [4.69, 9.17) is 16.3 Å². The highest BCUT2D eigenvalue weighted by Gasteiger charge is 2.49. The Bertz CT molecular complexity index is 764. The normalized spacial score (nSPS) is 11.6. The summed E-state index contributed by atoms with van der Waals surface area (Å²) in [5, 5.41) is 10.1. The van der Waals surface area contributed by atoms with E-state index in [1.807, 2.05) is 0 Å². The van der Waals surface area contributed by atoms with Crippen LogP contribution in [0.2, 0.25) is 5.02 Å². The highest BCUT2D eigenvalue weighted by Crippen LogP contribution is 2.70. The SMILES string of the molecule is CCOC(=O)N(C(=O)C(=C=[N-])C[P+](C(C)C)(C(C)C)C(C)C)c1ccccc1Cl. The number of nitrogens with zero attached hydrogens (tertiary/aromatic N) is 2. The fourth-order valence-corrected chi connectivity index (χ4v) is 9.66. The van der Waals surface area contributed by atoms with Crippen LogP contribution < -0.4 is 4.90 Å². The second-order valence-electron chi connectivity index (χ2n) is 7.82. The molecule has 1 aromatic rings. The van der Waals surface area contributed by atoms with Crippen LogP contribution in [0, 0.1) is 0 Å². The van der Waals surface area contributed by atoms with Gasteiger partial charge in [0.1, 0.15) is 0 Å². The van der Waals surface area contributed by atoms with Gasteiger partial charge >= 0.3 is 6.09 Å². The van der Waals surface area contributed by atoms with Gasteiger partial charge in [-0.3, -0.25) is 10.7 Å². The lowest BCUT2D eigenvalue weighted by atomic mass is 10.2. The fraction of sp³-hybridized carbons (Fsp3) is 0.545. The highest BCUT2D eigenvalue weighted by atomic mass is 35.5. The lowest BCUT2D eigenvalue weighted by Gasteiger charge is -2.39. The summed E-state index contributed by atoms with van der Waals surface area (Å²) in [5.41, 5.74) is 1.32. The number of rotatable bonds is 8. The van der Waals surface area contributed by atoms with Crippen LogP contribution in [0.15, 0.2) is 29.8 Å². The standard InChI is InChI=1S/C22H32ClN2O3P/c1-8-28-22(27)25(20-12-10-9-11-19(20)23)21(26)18(13-24)14-29(15(2)3,16(4)5)17(6)7/h9-12,15-17H,8,14H2,1-7H3. The predicted octanol–water partition coefficient (Wildman–Crippen LogP) is 6.24. The van der Waals surface area contributed by atoms with E-state index >= 15 is 0 Å². The molecule has 0 aliphatic heterocycles. The summed E-state index contributed by atoms with van der Waals surface area (Å²) >= 11 is 6.25. The lowest BCUT2D eigenvalue weighted by molar-refractivity contribution is -0.114. The van der Waals surface area contributed by atoms with Crippen molar-refractivity contribution in [3.05, 3.63) is 40.3 Å². The van der Waals surface area contributed by atoms with Crippen LogP contribution >= 0.6 is 18.9 Å². The summed E-state index contributed by atoms with van der Waals surface area (Å²) in [7, 11) is -1.72. The van der Waals surface area contributed by atoms with E-state index in [9.17, 15) is 15.0 Å². The molecule has 0 aromatic heterocycles. The van der Waals surface area contributed by atoms with Crippen molar-refractivity contribution in [3.63, 3.8) is 0 Å². The maximum absolute atomic E-state index is 13.4. The molecule has 0 radical (unpaired) electrons. The topological polar surface area (TPSA) is 68.9 Å². The van der Waals surface area contributed by atoms with Gasteiger partial charge in [0.2, 0.25) is 0 Å². The van der Waals surface area contributed by atoms with E-state index in [0.29, 0.717) is 23.1 Å². The monoisotopic (exact) mass is 438 g/mol. The van der Waals surface area contributed by atoms with Crippen molar-refractivity contribution in [3.8, 4) is 0 Å². The quantitative estimate of drug-likeness (QED) is 0.274. The number of para-hydroxylation sites is 1. The number of hydrogen-bond acceptors (Lipinski definition) is 3. The van der Waals surface area contributed by atoms with Gasteiger partial charge in [-0.2, -0.15) is 0 Å². The summed E-state index contributed by atoms with van der Waals surface area (Å²) in [6, 6.07) is 6.56. The molecule has 0 spiro atoms. The molecule has 1 aromatic carbocycles. The number of imide groups is 1. The van der Waals surface area contributed by atoms with E-state index in [1.165, 1.54) is 0 Å². The number of amides is 2. The number of benzene rings is 1. The van der Waals surface area contributed by atoms with Crippen LogP contribution in [-0.2, 0) is 9.53 Å². The molecule has 1 rings (SSSR count). The Hall–Kier alpha value is -1.67. The highest BCUT2D eigenvalue weighted by molar-refractivity contribution is 7.78. The zero-order chi connectivity index (χ0) is 22.4. The Balaban J connectivity index is 3.48. The van der Waals surface area contributed by atoms with Gasteiger partial charge in [-0.25, -0.2) is 9.69 Å². The molecular formula is C22H32ClN2O3P. The van der Waals surface area contributed by atoms with Crippen LogP contribution in [0.25, 0.3) is 5.41 Å². The van der Waals surface area contributed by atoms with Crippen molar-refractivity contribution in [1.82, 2.24) is 0 Å². The number of halogens is 1. The molecule has 2 amide bonds. The van der Waals surface area contributed by atoms with Crippen molar-refractivity contribution >= 4 is 42.4 Å². The number of anilines is 1. The fourth-order valence-electron chi connectivity index (χ4n) is 4.01. The second-order valence-corrected chi connectivity index (χ2v) is 13.6. The third kappa shape index (κ3) is 5.48. The summed E-state index contributed by atoms with van der Waals surface area (Å²) in [6.45, 7) is 14.7. The van der Waals surface area contributed by atoms with Crippen molar-refractivity contribution in [2.75, 3.05) is 17.7 Å². The maximum atomic E-state index is 13.4. The van der Waals surface area contributed by atoms with Gasteiger partial charge in [0, 0.05) is 7.26 Å². The molecule has 29 heavy (non-hydrogen) atoms. The van der Waals surface area contributed by atoms with Gasteiger partial charge in [0.05, 0.1) is 46.0 Å². The molecule has 5 nitrogen and oxygen atoms in total. The predicted molar refractivity (Wildman–Crippen MR) is 125 cm³/mol. The number of carbonyl (C=O) groups is 2. The molecule has 160 valence electrons. The van der Waals surface area contributed by atoms with Gasteiger partial charge in [0.25, 0.3) is 5.91 Å². The van der Waals surface area contributed by atoms with Gasteiger partial charge in [-0.1, -0.05) is 23.7 Å². The second kappa shape index (κ2) is 10.9. The Morgan fingerprint density at radius 1 is 1.10 bits per heavy atom. The minimum atomic E-state index is -1.72. The zero-order valence-electron chi connectivity index (χ0n) is 18.4. The summed E-state index contributed by atoms with van der Waals surface area (Å²) in [4.78, 5) is 26.9. The number of ether oxygens (including phenoxy) is 1. The van der Waals surface area contributed by atoms with Crippen molar-refractivity contribution in [2.24, 2.45) is 0 Å². The van der Waals surface area contributed by atoms with Gasteiger partial charge in [0.15, 0.2) is 0 Å². The van der Waals surface area contributed by atoms with Crippen LogP contribution in [0.3, 0.4) is 0 Å². The minimum absolute atomic E-state index is 0.0717. The number of hydrogen-bond donors (Lipinski definition) is 0. The van der Waals surface area contributed by atoms with Gasteiger partial charge < -0.3 is 10.1 Å². The Labute approximate surface area is 180 Å². The van der Waals surface area contributed by atoms with Crippen molar-refractivity contribution in [2.45, 2.75) is 65.4 Å². The molecular weight excluding hydrogens is 407 g/mol. The molecule has 0 N–H and O–H groups in total. The first-order chi connectivity index (χ1) is 13.5. The average molecular weight is 439 g/mol. The van der Waals surface area contributed by atoms with E-state index in [0.717, 1.165) is 4.90 Å². The molecule has 0 saturated heterocycles. The molecule has 7 heteroatoms. The first kappa shape index (κ1) is 25.4. The van der Waals surface area contributed by atoms with Crippen LogP contribution in [0.4, 0.5) is 10.5 Å².